The van der Waals surface area contributed by atoms with Gasteiger partial charge in [0.05, 0.1) is 0 Å². The minimum Gasteiger partial charge on any atom is -0.348 e. The molecule has 4 N–H and O–H groups in total. The lowest BCUT2D eigenvalue weighted by molar-refractivity contribution is 0.173. The molecule has 1 fully saturated rings. The predicted octanol–water partition coefficient (Wildman–Crippen LogP) is -1.29. The third-order valence-corrected chi connectivity index (χ3v) is 3.79. The molecular weight excluding hydrogens is 260 g/mol. The number of rotatable bonds is 5. The fourth-order valence-electron chi connectivity index (χ4n) is 2.69. The van der Waals surface area contributed by atoms with Crippen molar-refractivity contribution < 1.29 is 0 Å². The number of nitrogens with one attached hydrogen (secondary N) is 2. The first kappa shape index (κ1) is 14.7. The largest absolute Gasteiger partial charge is 0.348 e. The fraction of sp³-hybridized carbons (Fsp3) is 0.750. The summed E-state index contributed by atoms with van der Waals surface area (Å²) < 4.78 is 0. The SMILES string of the molecule is CCC(CCN)N1CCN(c2n[nH]c(=O)[nH]c2=O)CC1. The standard InChI is InChI=1S/C12H22N6O2/c1-2-9(3-4-13)17-5-7-18(8-6-17)10-11(19)14-12(20)16-15-10/h9H,2-8,13H2,1H3,(H2,14,16,19,20). The van der Waals surface area contributed by atoms with Crippen LogP contribution in [0.5, 0.6) is 0 Å². The molecule has 8 nitrogen and oxygen atoms in total. The average Bonchev–Trinajstić information content (AvgIpc) is 2.45. The number of aromatic nitrogens is 3. The van der Waals surface area contributed by atoms with Gasteiger partial charge < -0.3 is 10.6 Å². The second kappa shape index (κ2) is 6.67. The van der Waals surface area contributed by atoms with Gasteiger partial charge in [0.1, 0.15) is 0 Å². The van der Waals surface area contributed by atoms with E-state index in [2.05, 4.69) is 27.0 Å². The molecule has 2 heterocycles. The Morgan fingerprint density at radius 1 is 1.30 bits per heavy atom. The molecule has 2 rings (SSSR count). The fourth-order valence-corrected chi connectivity index (χ4v) is 2.69. The van der Waals surface area contributed by atoms with Crippen LogP contribution in [0.15, 0.2) is 9.59 Å². The summed E-state index contributed by atoms with van der Waals surface area (Å²) >= 11 is 0. The van der Waals surface area contributed by atoms with Crippen molar-refractivity contribution in [1.29, 1.82) is 0 Å². The van der Waals surface area contributed by atoms with Crippen LogP contribution in [0.1, 0.15) is 19.8 Å². The Morgan fingerprint density at radius 3 is 2.55 bits per heavy atom. The monoisotopic (exact) mass is 282 g/mol. The lowest BCUT2D eigenvalue weighted by Crippen LogP contribution is -2.52. The second-order valence-electron chi connectivity index (χ2n) is 4.99. The molecule has 1 aliphatic heterocycles. The van der Waals surface area contributed by atoms with Crippen molar-refractivity contribution in [3.05, 3.63) is 20.8 Å². The molecule has 0 amide bonds. The van der Waals surface area contributed by atoms with Crippen LogP contribution < -0.4 is 21.9 Å². The number of hydrogen-bond donors (Lipinski definition) is 3. The van der Waals surface area contributed by atoms with Gasteiger partial charge in [-0.1, -0.05) is 6.92 Å². The van der Waals surface area contributed by atoms with Crippen molar-refractivity contribution in [2.24, 2.45) is 5.73 Å². The molecular formula is C12H22N6O2. The zero-order valence-electron chi connectivity index (χ0n) is 11.8. The van der Waals surface area contributed by atoms with Crippen LogP contribution in [0.3, 0.4) is 0 Å². The molecule has 1 aliphatic rings. The topological polar surface area (TPSA) is 111 Å². The van der Waals surface area contributed by atoms with E-state index in [0.29, 0.717) is 12.6 Å². The van der Waals surface area contributed by atoms with Gasteiger partial charge in [-0.05, 0) is 19.4 Å². The summed E-state index contributed by atoms with van der Waals surface area (Å²) in [5.41, 5.74) is 4.63. The first-order valence-electron chi connectivity index (χ1n) is 7.03. The average molecular weight is 282 g/mol. The predicted molar refractivity (Wildman–Crippen MR) is 77.0 cm³/mol. The summed E-state index contributed by atoms with van der Waals surface area (Å²) in [6.45, 7) is 6.06. The van der Waals surface area contributed by atoms with Gasteiger partial charge in [0.25, 0.3) is 5.56 Å². The molecule has 1 aromatic rings. The van der Waals surface area contributed by atoms with Crippen LogP contribution in [0.2, 0.25) is 0 Å². The Kier molecular flexibility index (Phi) is 4.91. The van der Waals surface area contributed by atoms with Crippen molar-refractivity contribution in [2.75, 3.05) is 37.6 Å². The third-order valence-electron chi connectivity index (χ3n) is 3.79. The summed E-state index contributed by atoms with van der Waals surface area (Å²) in [5.74, 6) is 0.288. The minimum atomic E-state index is -0.577. The lowest BCUT2D eigenvalue weighted by Gasteiger charge is -2.39. The van der Waals surface area contributed by atoms with Crippen LogP contribution in [0, 0.1) is 0 Å². The van der Waals surface area contributed by atoms with Gasteiger partial charge in [-0.15, -0.1) is 5.10 Å². The van der Waals surface area contributed by atoms with Crippen LogP contribution in [-0.4, -0.2) is 58.8 Å². The highest BCUT2D eigenvalue weighted by Crippen LogP contribution is 2.13. The van der Waals surface area contributed by atoms with Crippen molar-refractivity contribution in [3.63, 3.8) is 0 Å². The smallest absolute Gasteiger partial charge is 0.342 e. The van der Waals surface area contributed by atoms with Gasteiger partial charge in [0.15, 0.2) is 0 Å². The van der Waals surface area contributed by atoms with E-state index in [1.54, 1.807) is 0 Å². The van der Waals surface area contributed by atoms with Crippen molar-refractivity contribution in [3.8, 4) is 0 Å². The van der Waals surface area contributed by atoms with E-state index < -0.39 is 11.2 Å². The molecule has 0 saturated carbocycles. The second-order valence-corrected chi connectivity index (χ2v) is 4.99. The Hall–Kier alpha value is -1.67. The highest BCUT2D eigenvalue weighted by molar-refractivity contribution is 5.34. The number of H-pyrrole nitrogens is 2. The summed E-state index contributed by atoms with van der Waals surface area (Å²) in [5, 5.41) is 6.10. The lowest BCUT2D eigenvalue weighted by atomic mass is 10.1. The summed E-state index contributed by atoms with van der Waals surface area (Å²) in [4.78, 5) is 29.2. The van der Waals surface area contributed by atoms with Crippen LogP contribution in [0.4, 0.5) is 5.82 Å². The Bertz CT molecular complexity index is 531. The van der Waals surface area contributed by atoms with E-state index in [9.17, 15) is 9.59 Å². The van der Waals surface area contributed by atoms with Crippen LogP contribution >= 0.6 is 0 Å². The van der Waals surface area contributed by atoms with E-state index >= 15 is 0 Å². The van der Waals surface area contributed by atoms with Gasteiger partial charge in [0, 0.05) is 32.2 Å². The molecule has 8 heteroatoms. The van der Waals surface area contributed by atoms with E-state index in [-0.39, 0.29) is 5.82 Å². The Labute approximate surface area is 117 Å². The molecule has 0 radical (unpaired) electrons. The van der Waals surface area contributed by atoms with E-state index in [0.717, 1.165) is 39.0 Å². The quantitative estimate of drug-likeness (QED) is 0.619. The summed E-state index contributed by atoms with van der Waals surface area (Å²) in [6, 6.07) is 0.504. The first-order chi connectivity index (χ1) is 9.65. The van der Waals surface area contributed by atoms with E-state index in [4.69, 9.17) is 5.73 Å². The Balaban J connectivity index is 2.00. The molecule has 112 valence electrons. The number of anilines is 1. The van der Waals surface area contributed by atoms with Crippen LogP contribution in [-0.2, 0) is 0 Å². The number of aromatic amines is 2. The highest BCUT2D eigenvalue weighted by Gasteiger charge is 2.24. The highest BCUT2D eigenvalue weighted by atomic mass is 16.2. The molecule has 20 heavy (non-hydrogen) atoms. The van der Waals surface area contributed by atoms with Gasteiger partial charge in [-0.25, -0.2) is 9.89 Å². The maximum absolute atomic E-state index is 11.7. The van der Waals surface area contributed by atoms with Gasteiger partial charge >= 0.3 is 5.69 Å². The molecule has 1 unspecified atom stereocenters. The van der Waals surface area contributed by atoms with Crippen molar-refractivity contribution in [2.45, 2.75) is 25.8 Å². The van der Waals surface area contributed by atoms with Crippen LogP contribution in [0.25, 0.3) is 0 Å². The van der Waals surface area contributed by atoms with Gasteiger partial charge in [-0.2, -0.15) is 0 Å². The number of nitrogens with two attached hydrogens (primary N) is 1. The molecule has 0 bridgehead atoms. The molecule has 0 aromatic carbocycles. The maximum Gasteiger partial charge on any atom is 0.342 e. The zero-order chi connectivity index (χ0) is 14.5. The number of piperazine rings is 1. The normalized spacial score (nSPS) is 18.2. The molecule has 1 atom stereocenters. The van der Waals surface area contributed by atoms with Gasteiger partial charge in [-0.3, -0.25) is 14.7 Å². The maximum atomic E-state index is 11.7. The minimum absolute atomic E-state index is 0.288. The zero-order valence-corrected chi connectivity index (χ0v) is 11.8. The molecule has 0 spiro atoms. The van der Waals surface area contributed by atoms with Crippen molar-refractivity contribution in [1.82, 2.24) is 20.1 Å². The summed E-state index contributed by atoms with van der Waals surface area (Å²) in [6.07, 6.45) is 2.07. The number of nitrogens with zero attached hydrogens (tertiary/aromatic N) is 3. The van der Waals surface area contributed by atoms with E-state index in [1.165, 1.54) is 0 Å². The first-order valence-corrected chi connectivity index (χ1v) is 7.03. The van der Waals surface area contributed by atoms with E-state index in [1.807, 2.05) is 4.90 Å². The number of hydrogen-bond acceptors (Lipinski definition) is 6. The molecule has 1 aromatic heterocycles. The molecule has 1 saturated heterocycles. The Morgan fingerprint density at radius 2 is 2.00 bits per heavy atom. The van der Waals surface area contributed by atoms with Gasteiger partial charge in [0.2, 0.25) is 5.82 Å². The molecule has 0 aliphatic carbocycles. The summed E-state index contributed by atoms with van der Waals surface area (Å²) in [7, 11) is 0. The third kappa shape index (κ3) is 3.26. The van der Waals surface area contributed by atoms with Crippen molar-refractivity contribution >= 4 is 5.82 Å².